The lowest BCUT2D eigenvalue weighted by Crippen LogP contribution is -2.36. The Morgan fingerprint density at radius 3 is 2.20 bits per heavy atom. The van der Waals surface area contributed by atoms with E-state index in [-0.39, 0.29) is 18.6 Å². The smallest absolute Gasteiger partial charge is 0.352 e. The van der Waals surface area contributed by atoms with E-state index in [0.29, 0.717) is 23.8 Å². The summed E-state index contributed by atoms with van der Waals surface area (Å²) < 4.78 is 38.4. The van der Waals surface area contributed by atoms with Gasteiger partial charge in [-0.15, -0.1) is 0 Å². The number of amides is 2. The van der Waals surface area contributed by atoms with Gasteiger partial charge in [-0.3, -0.25) is 4.99 Å². The first-order valence-corrected chi connectivity index (χ1v) is 9.44. The second-order valence-electron chi connectivity index (χ2n) is 6.93. The van der Waals surface area contributed by atoms with E-state index in [1.54, 1.807) is 25.2 Å². The highest BCUT2D eigenvalue weighted by Gasteiger charge is 2.30. The van der Waals surface area contributed by atoms with E-state index < -0.39 is 11.7 Å². The molecule has 6 nitrogen and oxygen atoms in total. The lowest BCUT2D eigenvalue weighted by atomic mass is 10.1. The van der Waals surface area contributed by atoms with Gasteiger partial charge in [0.1, 0.15) is 0 Å². The van der Waals surface area contributed by atoms with Crippen LogP contribution in [-0.2, 0) is 19.3 Å². The number of aliphatic imine (C=N–C) groups is 1. The summed E-state index contributed by atoms with van der Waals surface area (Å²) in [7, 11) is 1.59. The minimum atomic E-state index is -4.37. The van der Waals surface area contributed by atoms with Crippen LogP contribution in [0.2, 0.25) is 0 Å². The number of anilines is 1. The Labute approximate surface area is 174 Å². The number of hydrogen-bond acceptors (Lipinski definition) is 2. The van der Waals surface area contributed by atoms with Gasteiger partial charge in [-0.25, -0.2) is 4.79 Å². The second kappa shape index (κ2) is 10.5. The molecule has 0 saturated heterocycles. The molecule has 4 N–H and O–H groups in total. The number of urea groups is 1. The van der Waals surface area contributed by atoms with Crippen molar-refractivity contribution in [2.24, 2.45) is 4.99 Å². The number of nitrogens with zero attached hydrogens (tertiary/aromatic N) is 1. The number of nitrogens with one attached hydrogen (secondary N) is 4. The Bertz CT molecular complexity index is 864. The number of benzene rings is 2. The molecular formula is C21H26F3N5O. The summed E-state index contributed by atoms with van der Waals surface area (Å²) in [6, 6.07) is 12.2. The molecule has 2 rings (SSSR count). The van der Waals surface area contributed by atoms with Crippen molar-refractivity contribution in [1.29, 1.82) is 0 Å². The highest BCUT2D eigenvalue weighted by molar-refractivity contribution is 5.89. The van der Waals surface area contributed by atoms with Crippen LogP contribution < -0.4 is 21.3 Å². The minimum Gasteiger partial charge on any atom is -0.352 e. The fraction of sp³-hybridized carbons (Fsp3) is 0.333. The van der Waals surface area contributed by atoms with Crippen LogP contribution in [0.3, 0.4) is 0 Å². The van der Waals surface area contributed by atoms with E-state index in [2.05, 4.69) is 26.3 Å². The van der Waals surface area contributed by atoms with E-state index in [0.717, 1.165) is 17.7 Å². The molecule has 0 bridgehead atoms. The molecule has 0 aromatic heterocycles. The Kier molecular flexibility index (Phi) is 8.08. The molecule has 2 aromatic carbocycles. The fourth-order valence-electron chi connectivity index (χ4n) is 2.59. The van der Waals surface area contributed by atoms with Crippen LogP contribution in [0.25, 0.3) is 0 Å². The molecule has 0 atom stereocenters. The predicted molar refractivity (Wildman–Crippen MR) is 112 cm³/mol. The van der Waals surface area contributed by atoms with Crippen molar-refractivity contribution in [2.75, 3.05) is 12.4 Å². The third-order valence-corrected chi connectivity index (χ3v) is 4.03. The minimum absolute atomic E-state index is 0.0451. The first kappa shape index (κ1) is 23.1. The summed E-state index contributed by atoms with van der Waals surface area (Å²) >= 11 is 0. The number of carbonyl (C=O) groups excluding carboxylic acids is 1. The molecule has 0 heterocycles. The van der Waals surface area contributed by atoms with Crippen LogP contribution in [0.1, 0.15) is 30.5 Å². The molecule has 0 aliphatic carbocycles. The Hall–Kier alpha value is -3.23. The number of guanidine groups is 1. The molecule has 162 valence electrons. The fourth-order valence-corrected chi connectivity index (χ4v) is 2.59. The monoisotopic (exact) mass is 421 g/mol. The average molecular weight is 421 g/mol. The standard InChI is InChI=1S/C21H26F3N5O/c1-14(2)28-20(30)29-18-9-7-15(8-10-18)12-26-19(25-3)27-13-16-5-4-6-17(11-16)21(22,23)24/h4-11,14H,12-13H2,1-3H3,(H2,25,26,27)(H2,28,29,30). The molecule has 9 heteroatoms. The van der Waals surface area contributed by atoms with Gasteiger partial charge in [0.05, 0.1) is 5.56 Å². The van der Waals surface area contributed by atoms with E-state index in [9.17, 15) is 18.0 Å². The number of carbonyl (C=O) groups is 1. The molecule has 0 spiro atoms. The molecular weight excluding hydrogens is 395 g/mol. The summed E-state index contributed by atoms with van der Waals surface area (Å²) in [6.07, 6.45) is -4.37. The van der Waals surface area contributed by atoms with Crippen molar-refractivity contribution in [3.05, 3.63) is 65.2 Å². The van der Waals surface area contributed by atoms with Crippen LogP contribution in [0.5, 0.6) is 0 Å². The zero-order valence-electron chi connectivity index (χ0n) is 17.1. The quantitative estimate of drug-likeness (QED) is 0.419. The molecule has 2 aromatic rings. The van der Waals surface area contributed by atoms with Gasteiger partial charge in [-0.05, 0) is 49.2 Å². The van der Waals surface area contributed by atoms with Crippen molar-refractivity contribution >= 4 is 17.7 Å². The molecule has 0 saturated carbocycles. The highest BCUT2D eigenvalue weighted by Crippen LogP contribution is 2.29. The van der Waals surface area contributed by atoms with Gasteiger partial charge in [0, 0.05) is 31.9 Å². The highest BCUT2D eigenvalue weighted by atomic mass is 19.4. The summed E-state index contributed by atoms with van der Waals surface area (Å²) in [5.74, 6) is 0.464. The van der Waals surface area contributed by atoms with E-state index >= 15 is 0 Å². The lowest BCUT2D eigenvalue weighted by Gasteiger charge is -2.14. The van der Waals surface area contributed by atoms with Crippen molar-refractivity contribution in [3.63, 3.8) is 0 Å². The Morgan fingerprint density at radius 2 is 1.63 bits per heavy atom. The second-order valence-corrected chi connectivity index (χ2v) is 6.93. The van der Waals surface area contributed by atoms with Crippen LogP contribution in [-0.4, -0.2) is 25.1 Å². The van der Waals surface area contributed by atoms with Gasteiger partial charge < -0.3 is 21.3 Å². The van der Waals surface area contributed by atoms with Crippen molar-refractivity contribution < 1.29 is 18.0 Å². The average Bonchev–Trinajstić information content (AvgIpc) is 2.68. The molecule has 0 aliphatic heterocycles. The number of alkyl halides is 3. The van der Waals surface area contributed by atoms with Crippen molar-refractivity contribution in [3.8, 4) is 0 Å². The van der Waals surface area contributed by atoms with Crippen LogP contribution in [0.15, 0.2) is 53.5 Å². The summed E-state index contributed by atoms with van der Waals surface area (Å²) in [5.41, 5.74) is 1.44. The normalized spacial score (nSPS) is 11.9. The van der Waals surface area contributed by atoms with E-state index in [1.807, 2.05) is 26.0 Å². The summed E-state index contributed by atoms with van der Waals surface area (Å²) in [6.45, 7) is 4.42. The topological polar surface area (TPSA) is 77.5 Å². The molecule has 0 unspecified atom stereocenters. The third-order valence-electron chi connectivity index (χ3n) is 4.03. The zero-order chi connectivity index (χ0) is 22.1. The van der Waals surface area contributed by atoms with Gasteiger partial charge in [0.2, 0.25) is 0 Å². The summed E-state index contributed by atoms with van der Waals surface area (Å²) in [5, 5.41) is 11.6. The van der Waals surface area contributed by atoms with Crippen LogP contribution in [0, 0.1) is 0 Å². The van der Waals surface area contributed by atoms with Gasteiger partial charge in [-0.2, -0.15) is 13.2 Å². The first-order valence-electron chi connectivity index (χ1n) is 9.44. The van der Waals surface area contributed by atoms with Gasteiger partial charge in [0.25, 0.3) is 0 Å². The Balaban J connectivity index is 1.85. The third kappa shape index (κ3) is 7.65. The Morgan fingerprint density at radius 1 is 1.00 bits per heavy atom. The van der Waals surface area contributed by atoms with E-state index in [1.165, 1.54) is 6.07 Å². The maximum Gasteiger partial charge on any atom is 0.416 e. The molecule has 30 heavy (non-hydrogen) atoms. The SMILES string of the molecule is CN=C(NCc1ccc(NC(=O)NC(C)C)cc1)NCc1cccc(C(F)(F)F)c1. The van der Waals surface area contributed by atoms with Gasteiger partial charge >= 0.3 is 12.2 Å². The van der Waals surface area contributed by atoms with Crippen molar-refractivity contribution in [2.45, 2.75) is 39.2 Å². The maximum atomic E-state index is 12.8. The van der Waals surface area contributed by atoms with Gasteiger partial charge in [-0.1, -0.05) is 24.3 Å². The number of rotatable bonds is 6. The predicted octanol–water partition coefficient (Wildman–Crippen LogP) is 4.10. The molecule has 2 amide bonds. The molecule has 0 radical (unpaired) electrons. The molecule has 0 aliphatic rings. The van der Waals surface area contributed by atoms with Gasteiger partial charge in [0.15, 0.2) is 5.96 Å². The zero-order valence-corrected chi connectivity index (χ0v) is 17.1. The first-order chi connectivity index (χ1) is 14.2. The molecule has 0 fully saturated rings. The van der Waals surface area contributed by atoms with E-state index in [4.69, 9.17) is 0 Å². The lowest BCUT2D eigenvalue weighted by molar-refractivity contribution is -0.137. The summed E-state index contributed by atoms with van der Waals surface area (Å²) in [4.78, 5) is 15.8. The number of halogens is 3. The van der Waals surface area contributed by atoms with Crippen LogP contribution in [0.4, 0.5) is 23.7 Å². The van der Waals surface area contributed by atoms with Crippen LogP contribution >= 0.6 is 0 Å². The number of hydrogen-bond donors (Lipinski definition) is 4. The largest absolute Gasteiger partial charge is 0.416 e. The van der Waals surface area contributed by atoms with Crippen molar-refractivity contribution in [1.82, 2.24) is 16.0 Å². The maximum absolute atomic E-state index is 12.8.